The van der Waals surface area contributed by atoms with Crippen LogP contribution >= 0.6 is 0 Å². The minimum absolute atomic E-state index is 0.0110. The summed E-state index contributed by atoms with van der Waals surface area (Å²) in [5.41, 5.74) is 2.77. The highest BCUT2D eigenvalue weighted by molar-refractivity contribution is 6.06. The van der Waals surface area contributed by atoms with Crippen molar-refractivity contribution in [2.75, 3.05) is 22.9 Å². The largest absolute Gasteiger partial charge is 0.353 e. The third kappa shape index (κ3) is 4.53. The number of rotatable bonds is 7. The first-order valence-corrected chi connectivity index (χ1v) is 9.34. The van der Waals surface area contributed by atoms with Crippen LogP contribution in [0.25, 0.3) is 0 Å². The molecule has 0 spiro atoms. The summed E-state index contributed by atoms with van der Waals surface area (Å²) in [5, 5.41) is 0. The number of aromatic nitrogens is 1. The van der Waals surface area contributed by atoms with Gasteiger partial charge in [-0.2, -0.15) is 0 Å². The van der Waals surface area contributed by atoms with E-state index in [0.29, 0.717) is 12.1 Å². The van der Waals surface area contributed by atoms with Crippen LogP contribution in [0.4, 0.5) is 11.5 Å². The number of para-hydroxylation sites is 1. The van der Waals surface area contributed by atoms with Crippen LogP contribution in [0.15, 0.2) is 79.0 Å². The van der Waals surface area contributed by atoms with E-state index in [1.54, 1.807) is 17.2 Å². The molecule has 0 N–H and O–H groups in total. The molecule has 2 aromatic carbocycles. The van der Waals surface area contributed by atoms with Gasteiger partial charge in [0.25, 0.3) is 5.91 Å². The van der Waals surface area contributed by atoms with Crippen LogP contribution in [0.3, 0.4) is 0 Å². The van der Waals surface area contributed by atoms with Crippen molar-refractivity contribution in [2.24, 2.45) is 0 Å². The van der Waals surface area contributed by atoms with Crippen LogP contribution in [0, 0.1) is 0 Å². The summed E-state index contributed by atoms with van der Waals surface area (Å²) in [5.74, 6) is 0.805. The van der Waals surface area contributed by atoms with Crippen molar-refractivity contribution in [1.82, 2.24) is 4.98 Å². The van der Waals surface area contributed by atoms with E-state index in [2.05, 4.69) is 28.9 Å². The van der Waals surface area contributed by atoms with Gasteiger partial charge in [-0.15, -0.1) is 0 Å². The molecule has 1 heterocycles. The van der Waals surface area contributed by atoms with Crippen LogP contribution in [0.1, 0.15) is 29.8 Å². The highest BCUT2D eigenvalue weighted by atomic mass is 16.2. The van der Waals surface area contributed by atoms with Gasteiger partial charge < -0.3 is 9.80 Å². The van der Waals surface area contributed by atoms with Gasteiger partial charge in [-0.05, 0) is 43.7 Å². The topological polar surface area (TPSA) is 36.4 Å². The Labute approximate surface area is 161 Å². The molecule has 0 fully saturated rings. The number of carbonyl (C=O) groups excluding carboxylic acids is 1. The minimum Gasteiger partial charge on any atom is -0.353 e. The molecule has 0 aliphatic heterocycles. The lowest BCUT2D eigenvalue weighted by molar-refractivity contribution is 0.0988. The summed E-state index contributed by atoms with van der Waals surface area (Å²) in [6, 6.07) is 23.7. The fourth-order valence-corrected chi connectivity index (χ4v) is 3.09. The fourth-order valence-electron chi connectivity index (χ4n) is 3.09. The molecule has 1 aromatic heterocycles. The quantitative estimate of drug-likeness (QED) is 0.609. The Kier molecular flexibility index (Phi) is 6.21. The van der Waals surface area contributed by atoms with Crippen molar-refractivity contribution in [3.63, 3.8) is 0 Å². The molecule has 0 aliphatic carbocycles. The second-order valence-electron chi connectivity index (χ2n) is 6.29. The van der Waals surface area contributed by atoms with E-state index in [9.17, 15) is 4.79 Å². The predicted molar refractivity (Wildman–Crippen MR) is 111 cm³/mol. The Morgan fingerprint density at radius 2 is 1.56 bits per heavy atom. The third-order valence-electron chi connectivity index (χ3n) is 4.54. The molecule has 0 saturated heterocycles. The Bertz CT molecular complexity index is 865. The fraction of sp³-hybridized carbons (Fsp3) is 0.217. The van der Waals surface area contributed by atoms with E-state index in [-0.39, 0.29) is 5.91 Å². The first-order valence-electron chi connectivity index (χ1n) is 9.34. The molecule has 0 radical (unpaired) electrons. The zero-order valence-corrected chi connectivity index (χ0v) is 15.9. The second-order valence-corrected chi connectivity index (χ2v) is 6.29. The Hall–Kier alpha value is -3.14. The van der Waals surface area contributed by atoms with E-state index in [1.165, 1.54) is 5.56 Å². The standard InChI is InChI=1S/C23H25N3O/c1-3-25(18-19-11-7-5-8-12-19)22-17-20(15-16-24-22)23(27)26(4-2)21-13-9-6-10-14-21/h5-17H,3-4,18H2,1-2H3. The Morgan fingerprint density at radius 3 is 2.19 bits per heavy atom. The van der Waals surface area contributed by atoms with E-state index in [4.69, 9.17) is 0 Å². The molecule has 0 aliphatic rings. The summed E-state index contributed by atoms with van der Waals surface area (Å²) in [6.45, 7) is 6.28. The highest BCUT2D eigenvalue weighted by Gasteiger charge is 2.17. The van der Waals surface area contributed by atoms with Gasteiger partial charge >= 0.3 is 0 Å². The van der Waals surface area contributed by atoms with Gasteiger partial charge in [0.1, 0.15) is 5.82 Å². The van der Waals surface area contributed by atoms with Gasteiger partial charge in [0.15, 0.2) is 0 Å². The smallest absolute Gasteiger partial charge is 0.258 e. The maximum absolute atomic E-state index is 13.1. The summed E-state index contributed by atoms with van der Waals surface area (Å²) in [7, 11) is 0. The highest BCUT2D eigenvalue weighted by Crippen LogP contribution is 2.20. The molecule has 0 atom stereocenters. The van der Waals surface area contributed by atoms with Crippen molar-refractivity contribution >= 4 is 17.4 Å². The zero-order chi connectivity index (χ0) is 19.1. The van der Waals surface area contributed by atoms with Gasteiger partial charge in [-0.3, -0.25) is 4.79 Å². The normalized spacial score (nSPS) is 10.4. The number of anilines is 2. The lowest BCUT2D eigenvalue weighted by Gasteiger charge is -2.24. The van der Waals surface area contributed by atoms with Gasteiger partial charge in [-0.25, -0.2) is 4.98 Å². The van der Waals surface area contributed by atoms with Crippen LogP contribution in [-0.4, -0.2) is 24.0 Å². The number of amides is 1. The molecule has 3 aromatic rings. The Balaban J connectivity index is 1.84. The molecule has 27 heavy (non-hydrogen) atoms. The monoisotopic (exact) mass is 359 g/mol. The molecule has 3 rings (SSSR count). The molecule has 4 nitrogen and oxygen atoms in total. The number of pyridine rings is 1. The van der Waals surface area contributed by atoms with E-state index in [1.807, 2.05) is 61.5 Å². The van der Waals surface area contributed by atoms with Crippen molar-refractivity contribution in [1.29, 1.82) is 0 Å². The SMILES string of the molecule is CCN(Cc1ccccc1)c1cc(C(=O)N(CC)c2ccccc2)ccn1. The number of carbonyl (C=O) groups is 1. The number of hydrogen-bond acceptors (Lipinski definition) is 3. The van der Waals surface area contributed by atoms with Crippen molar-refractivity contribution < 1.29 is 4.79 Å². The van der Waals surface area contributed by atoms with Gasteiger partial charge in [0.05, 0.1) is 0 Å². The summed E-state index contributed by atoms with van der Waals surface area (Å²) >= 11 is 0. The van der Waals surface area contributed by atoms with Crippen molar-refractivity contribution in [3.8, 4) is 0 Å². The maximum Gasteiger partial charge on any atom is 0.258 e. The molecular weight excluding hydrogens is 334 g/mol. The van der Waals surface area contributed by atoms with Crippen LogP contribution < -0.4 is 9.80 Å². The molecular formula is C23H25N3O. The number of benzene rings is 2. The van der Waals surface area contributed by atoms with Crippen LogP contribution in [0.5, 0.6) is 0 Å². The molecule has 0 bridgehead atoms. The second kappa shape index (κ2) is 8.99. The van der Waals surface area contributed by atoms with Crippen molar-refractivity contribution in [2.45, 2.75) is 20.4 Å². The molecule has 138 valence electrons. The minimum atomic E-state index is -0.0110. The number of nitrogens with zero attached hydrogens (tertiary/aromatic N) is 3. The lowest BCUT2D eigenvalue weighted by Crippen LogP contribution is -2.31. The first kappa shape index (κ1) is 18.6. The molecule has 0 saturated carbocycles. The van der Waals surface area contributed by atoms with Crippen LogP contribution in [-0.2, 0) is 6.54 Å². The van der Waals surface area contributed by atoms with E-state index in [0.717, 1.165) is 24.6 Å². The molecule has 0 unspecified atom stereocenters. The predicted octanol–water partition coefficient (Wildman–Crippen LogP) is 4.77. The van der Waals surface area contributed by atoms with E-state index >= 15 is 0 Å². The lowest BCUT2D eigenvalue weighted by atomic mass is 10.2. The average Bonchev–Trinajstić information content (AvgIpc) is 2.74. The Morgan fingerprint density at radius 1 is 0.889 bits per heavy atom. The van der Waals surface area contributed by atoms with Crippen LogP contribution in [0.2, 0.25) is 0 Å². The van der Waals surface area contributed by atoms with Gasteiger partial charge in [0, 0.05) is 37.1 Å². The third-order valence-corrected chi connectivity index (χ3v) is 4.54. The maximum atomic E-state index is 13.1. The number of hydrogen-bond donors (Lipinski definition) is 0. The summed E-state index contributed by atoms with van der Waals surface area (Å²) in [4.78, 5) is 21.5. The summed E-state index contributed by atoms with van der Waals surface area (Å²) < 4.78 is 0. The van der Waals surface area contributed by atoms with E-state index < -0.39 is 0 Å². The van der Waals surface area contributed by atoms with Gasteiger partial charge in [0.2, 0.25) is 0 Å². The van der Waals surface area contributed by atoms with Crippen molar-refractivity contribution in [3.05, 3.63) is 90.1 Å². The molecule has 1 amide bonds. The van der Waals surface area contributed by atoms with Gasteiger partial charge in [-0.1, -0.05) is 48.5 Å². The summed E-state index contributed by atoms with van der Waals surface area (Å²) in [6.07, 6.45) is 1.72. The molecule has 4 heteroatoms. The zero-order valence-electron chi connectivity index (χ0n) is 15.9. The average molecular weight is 359 g/mol. The first-order chi connectivity index (χ1) is 13.2.